The fraction of sp³-hybridized carbons (Fsp3) is 0.273. The van der Waals surface area contributed by atoms with Crippen molar-refractivity contribution >= 4 is 17.5 Å². The van der Waals surface area contributed by atoms with Crippen molar-refractivity contribution < 1.29 is 19.1 Å². The standard InChI is InChI=1S/C11H14FN3O3/c12-7-2-1-3-8(4-7)15-10(17)6-14-5-9(16)11(13)18/h1-4,9,14,16H,5-6H2,(H2,13,18)(H,15,17). The third kappa shape index (κ3) is 4.89. The van der Waals surface area contributed by atoms with E-state index in [-0.39, 0.29) is 13.1 Å². The number of aliphatic hydroxyl groups is 1. The number of primary amides is 1. The second-order valence-electron chi connectivity index (χ2n) is 3.61. The van der Waals surface area contributed by atoms with Crippen LogP contribution in [0.25, 0.3) is 0 Å². The molecule has 98 valence electrons. The maximum atomic E-state index is 12.8. The quantitative estimate of drug-likeness (QED) is 0.534. The zero-order valence-electron chi connectivity index (χ0n) is 9.52. The second-order valence-corrected chi connectivity index (χ2v) is 3.61. The monoisotopic (exact) mass is 255 g/mol. The van der Waals surface area contributed by atoms with Crippen molar-refractivity contribution in [3.05, 3.63) is 30.1 Å². The van der Waals surface area contributed by atoms with Crippen molar-refractivity contribution in [3.63, 3.8) is 0 Å². The van der Waals surface area contributed by atoms with E-state index in [2.05, 4.69) is 10.6 Å². The predicted molar refractivity (Wildman–Crippen MR) is 63.1 cm³/mol. The fourth-order valence-corrected chi connectivity index (χ4v) is 1.19. The first kappa shape index (κ1) is 14.1. The lowest BCUT2D eigenvalue weighted by molar-refractivity contribution is -0.126. The van der Waals surface area contributed by atoms with Gasteiger partial charge < -0.3 is 21.5 Å². The highest BCUT2D eigenvalue weighted by atomic mass is 19.1. The van der Waals surface area contributed by atoms with E-state index in [1.807, 2.05) is 0 Å². The Labute approximate surface area is 103 Å². The maximum Gasteiger partial charge on any atom is 0.247 e. The SMILES string of the molecule is NC(=O)C(O)CNCC(=O)Nc1cccc(F)c1. The number of hydrogen-bond acceptors (Lipinski definition) is 4. The van der Waals surface area contributed by atoms with Gasteiger partial charge in [0.2, 0.25) is 11.8 Å². The van der Waals surface area contributed by atoms with Crippen LogP contribution in [0.4, 0.5) is 10.1 Å². The van der Waals surface area contributed by atoms with E-state index in [4.69, 9.17) is 10.8 Å². The van der Waals surface area contributed by atoms with Crippen LogP contribution < -0.4 is 16.4 Å². The Morgan fingerprint density at radius 2 is 2.17 bits per heavy atom. The molecule has 0 aliphatic carbocycles. The summed E-state index contributed by atoms with van der Waals surface area (Å²) in [6.45, 7) is -0.243. The molecule has 0 fully saturated rings. The van der Waals surface area contributed by atoms with Gasteiger partial charge in [0.1, 0.15) is 11.9 Å². The van der Waals surface area contributed by atoms with Crippen molar-refractivity contribution in [3.8, 4) is 0 Å². The first-order valence-electron chi connectivity index (χ1n) is 5.22. The summed E-state index contributed by atoms with van der Waals surface area (Å²) in [4.78, 5) is 21.9. The van der Waals surface area contributed by atoms with Crippen molar-refractivity contribution in [1.29, 1.82) is 0 Å². The van der Waals surface area contributed by atoms with Crippen molar-refractivity contribution in [1.82, 2.24) is 5.32 Å². The molecule has 6 nitrogen and oxygen atoms in total. The van der Waals surface area contributed by atoms with Gasteiger partial charge >= 0.3 is 0 Å². The molecule has 0 heterocycles. The Bertz CT molecular complexity index is 439. The van der Waals surface area contributed by atoms with Gasteiger partial charge in [0.05, 0.1) is 6.54 Å². The van der Waals surface area contributed by atoms with Gasteiger partial charge in [0.25, 0.3) is 0 Å². The number of amides is 2. The van der Waals surface area contributed by atoms with Crippen LogP contribution in [0.2, 0.25) is 0 Å². The van der Waals surface area contributed by atoms with E-state index in [1.165, 1.54) is 18.2 Å². The zero-order chi connectivity index (χ0) is 13.5. The van der Waals surface area contributed by atoms with Gasteiger partial charge in [-0.15, -0.1) is 0 Å². The molecule has 0 radical (unpaired) electrons. The lowest BCUT2D eigenvalue weighted by Gasteiger charge is -2.09. The minimum atomic E-state index is -1.34. The Morgan fingerprint density at radius 1 is 1.44 bits per heavy atom. The summed E-state index contributed by atoms with van der Waals surface area (Å²) in [6, 6.07) is 5.45. The van der Waals surface area contributed by atoms with E-state index in [0.29, 0.717) is 5.69 Å². The minimum absolute atomic E-state index is 0.119. The number of carbonyl (C=O) groups is 2. The highest BCUT2D eigenvalue weighted by Crippen LogP contribution is 2.08. The second kappa shape index (κ2) is 6.67. The molecule has 0 saturated heterocycles. The number of anilines is 1. The molecule has 1 rings (SSSR count). The van der Waals surface area contributed by atoms with E-state index < -0.39 is 23.7 Å². The summed E-state index contributed by atoms with van der Waals surface area (Å²) in [5, 5.41) is 14.0. The molecule has 0 aromatic heterocycles. The molecule has 0 aliphatic heterocycles. The first-order chi connectivity index (χ1) is 8.49. The lowest BCUT2D eigenvalue weighted by Crippen LogP contribution is -2.40. The van der Waals surface area contributed by atoms with Gasteiger partial charge in [0.15, 0.2) is 0 Å². The fourth-order valence-electron chi connectivity index (χ4n) is 1.19. The van der Waals surface area contributed by atoms with Crippen LogP contribution in [0.5, 0.6) is 0 Å². The molecule has 5 N–H and O–H groups in total. The van der Waals surface area contributed by atoms with Crippen molar-refractivity contribution in [2.24, 2.45) is 5.73 Å². The molecule has 0 saturated carbocycles. The summed E-state index contributed by atoms with van der Waals surface area (Å²) < 4.78 is 12.8. The third-order valence-corrected chi connectivity index (χ3v) is 2.06. The van der Waals surface area contributed by atoms with Gasteiger partial charge in [-0.05, 0) is 18.2 Å². The van der Waals surface area contributed by atoms with E-state index >= 15 is 0 Å². The number of carbonyl (C=O) groups excluding carboxylic acids is 2. The predicted octanol–water partition coefficient (Wildman–Crippen LogP) is -0.800. The van der Waals surface area contributed by atoms with Crippen LogP contribution in [0.3, 0.4) is 0 Å². The maximum absolute atomic E-state index is 12.8. The van der Waals surface area contributed by atoms with E-state index in [9.17, 15) is 14.0 Å². The topological polar surface area (TPSA) is 104 Å². The summed E-state index contributed by atoms with van der Waals surface area (Å²) in [5.74, 6) is -1.74. The van der Waals surface area contributed by atoms with Gasteiger partial charge in [0, 0.05) is 12.2 Å². The molecule has 0 aliphatic rings. The van der Waals surface area contributed by atoms with Crippen molar-refractivity contribution in [2.45, 2.75) is 6.10 Å². The average molecular weight is 255 g/mol. The number of aliphatic hydroxyl groups excluding tert-OH is 1. The summed E-state index contributed by atoms with van der Waals surface area (Å²) in [7, 11) is 0. The third-order valence-electron chi connectivity index (χ3n) is 2.06. The molecular weight excluding hydrogens is 241 g/mol. The van der Waals surface area contributed by atoms with Crippen molar-refractivity contribution in [2.75, 3.05) is 18.4 Å². The molecule has 0 spiro atoms. The van der Waals surface area contributed by atoms with Crippen LogP contribution in [0.1, 0.15) is 0 Å². The van der Waals surface area contributed by atoms with Crippen LogP contribution in [-0.4, -0.2) is 36.1 Å². The normalized spacial score (nSPS) is 11.9. The smallest absolute Gasteiger partial charge is 0.247 e. The van der Waals surface area contributed by atoms with Gasteiger partial charge in [-0.3, -0.25) is 9.59 Å². The number of benzene rings is 1. The number of halogens is 1. The molecule has 1 aromatic rings. The molecular formula is C11H14FN3O3. The molecule has 0 bridgehead atoms. The largest absolute Gasteiger partial charge is 0.382 e. The highest BCUT2D eigenvalue weighted by molar-refractivity contribution is 5.92. The Morgan fingerprint density at radius 3 is 2.78 bits per heavy atom. The molecule has 2 amide bonds. The molecule has 7 heteroatoms. The van der Waals surface area contributed by atoms with Crippen LogP contribution in [0.15, 0.2) is 24.3 Å². The molecule has 1 atom stereocenters. The van der Waals surface area contributed by atoms with E-state index in [1.54, 1.807) is 6.07 Å². The lowest BCUT2D eigenvalue weighted by atomic mass is 10.3. The van der Waals surface area contributed by atoms with Gasteiger partial charge in [-0.2, -0.15) is 0 Å². The minimum Gasteiger partial charge on any atom is -0.382 e. The summed E-state index contributed by atoms with van der Waals surface area (Å²) in [6.07, 6.45) is -1.34. The molecule has 18 heavy (non-hydrogen) atoms. The Balaban J connectivity index is 2.32. The number of rotatable bonds is 6. The molecule has 1 unspecified atom stereocenters. The van der Waals surface area contributed by atoms with Crippen LogP contribution in [0, 0.1) is 5.82 Å². The summed E-state index contributed by atoms with van der Waals surface area (Å²) in [5.41, 5.74) is 5.15. The Kier molecular flexibility index (Phi) is 5.22. The number of hydrogen-bond donors (Lipinski definition) is 4. The average Bonchev–Trinajstić information content (AvgIpc) is 2.28. The molecule has 1 aromatic carbocycles. The number of nitrogens with two attached hydrogens (primary N) is 1. The first-order valence-corrected chi connectivity index (χ1v) is 5.22. The van der Waals surface area contributed by atoms with E-state index in [0.717, 1.165) is 0 Å². The van der Waals surface area contributed by atoms with Crippen LogP contribution >= 0.6 is 0 Å². The highest BCUT2D eigenvalue weighted by Gasteiger charge is 2.10. The summed E-state index contributed by atoms with van der Waals surface area (Å²) >= 11 is 0. The van der Waals surface area contributed by atoms with Gasteiger partial charge in [-0.1, -0.05) is 6.07 Å². The van der Waals surface area contributed by atoms with Gasteiger partial charge in [-0.25, -0.2) is 4.39 Å². The van der Waals surface area contributed by atoms with Crippen LogP contribution in [-0.2, 0) is 9.59 Å². The zero-order valence-corrected chi connectivity index (χ0v) is 9.52. The Hall–Kier alpha value is -1.99. The number of nitrogens with one attached hydrogen (secondary N) is 2.